The van der Waals surface area contributed by atoms with Crippen molar-refractivity contribution >= 4 is 6.08 Å². The summed E-state index contributed by atoms with van der Waals surface area (Å²) in [5.74, 6) is 0. The van der Waals surface area contributed by atoms with E-state index in [4.69, 9.17) is 0 Å². The third-order valence-corrected chi connectivity index (χ3v) is 3.23. The van der Waals surface area contributed by atoms with Crippen molar-refractivity contribution in [3.8, 4) is 0 Å². The first-order valence-corrected chi connectivity index (χ1v) is 6.32. The summed E-state index contributed by atoms with van der Waals surface area (Å²) in [4.78, 5) is 2.31. The molecule has 0 amide bonds. The molecule has 1 atom stereocenters. The molecule has 1 aliphatic rings. The molecule has 1 aromatic rings. The number of likely N-dealkylation sites (tertiary alicyclic amines) is 1. The van der Waals surface area contributed by atoms with Gasteiger partial charge in [-0.1, -0.05) is 42.5 Å². The molecule has 0 spiro atoms. The zero-order valence-corrected chi connectivity index (χ0v) is 10.5. The number of aliphatic hydroxyl groups is 1. The standard InChI is InChI=1S/C15H21NO/c1-15(17)10-6-12-16(13-15)11-5-9-14-7-3-2-4-8-14/h2-5,7-9,17H,6,10-13H2,1H3/b9-5+. The second-order valence-electron chi connectivity index (χ2n) is 5.15. The molecule has 1 saturated heterocycles. The number of hydrogen-bond donors (Lipinski definition) is 1. The maximum Gasteiger partial charge on any atom is 0.0746 e. The minimum Gasteiger partial charge on any atom is -0.389 e. The molecule has 0 saturated carbocycles. The lowest BCUT2D eigenvalue weighted by molar-refractivity contribution is -0.0116. The van der Waals surface area contributed by atoms with Crippen LogP contribution in [-0.4, -0.2) is 35.2 Å². The van der Waals surface area contributed by atoms with E-state index >= 15 is 0 Å². The van der Waals surface area contributed by atoms with Crippen molar-refractivity contribution in [2.45, 2.75) is 25.4 Å². The van der Waals surface area contributed by atoms with E-state index in [1.807, 2.05) is 25.1 Å². The van der Waals surface area contributed by atoms with Gasteiger partial charge in [-0.15, -0.1) is 0 Å². The second-order valence-corrected chi connectivity index (χ2v) is 5.15. The number of nitrogens with zero attached hydrogens (tertiary/aromatic N) is 1. The molecule has 0 aromatic heterocycles. The molecule has 2 nitrogen and oxygen atoms in total. The van der Waals surface area contributed by atoms with Gasteiger partial charge in [-0.2, -0.15) is 0 Å². The normalized spacial score (nSPS) is 26.5. The molecule has 2 rings (SSSR count). The number of piperidine rings is 1. The highest BCUT2D eigenvalue weighted by atomic mass is 16.3. The third kappa shape index (κ3) is 3.99. The summed E-state index contributed by atoms with van der Waals surface area (Å²) in [6, 6.07) is 10.3. The fourth-order valence-corrected chi connectivity index (χ4v) is 2.38. The first-order chi connectivity index (χ1) is 8.16. The second kappa shape index (κ2) is 5.48. The van der Waals surface area contributed by atoms with E-state index in [2.05, 4.69) is 29.2 Å². The molecule has 17 heavy (non-hydrogen) atoms. The van der Waals surface area contributed by atoms with Crippen molar-refractivity contribution in [2.75, 3.05) is 19.6 Å². The maximum absolute atomic E-state index is 10.00. The van der Waals surface area contributed by atoms with E-state index in [-0.39, 0.29) is 0 Å². The molecule has 1 aromatic carbocycles. The summed E-state index contributed by atoms with van der Waals surface area (Å²) >= 11 is 0. The van der Waals surface area contributed by atoms with Gasteiger partial charge in [0, 0.05) is 13.1 Å². The molecule has 0 bridgehead atoms. The van der Waals surface area contributed by atoms with E-state index < -0.39 is 5.60 Å². The average molecular weight is 231 g/mol. The topological polar surface area (TPSA) is 23.5 Å². The van der Waals surface area contributed by atoms with Crippen LogP contribution in [0.1, 0.15) is 25.3 Å². The predicted molar refractivity (Wildman–Crippen MR) is 71.8 cm³/mol. The van der Waals surface area contributed by atoms with E-state index in [0.29, 0.717) is 0 Å². The molecule has 1 heterocycles. The van der Waals surface area contributed by atoms with Crippen LogP contribution in [0.5, 0.6) is 0 Å². The summed E-state index contributed by atoms with van der Waals surface area (Å²) in [6.45, 7) is 4.73. The van der Waals surface area contributed by atoms with Crippen LogP contribution < -0.4 is 0 Å². The van der Waals surface area contributed by atoms with Crippen LogP contribution in [0.25, 0.3) is 6.08 Å². The van der Waals surface area contributed by atoms with Gasteiger partial charge in [0.15, 0.2) is 0 Å². The highest BCUT2D eigenvalue weighted by molar-refractivity contribution is 5.48. The Kier molecular flexibility index (Phi) is 3.97. The molecule has 2 heteroatoms. The first-order valence-electron chi connectivity index (χ1n) is 6.32. The lowest BCUT2D eigenvalue weighted by Crippen LogP contribution is -2.45. The highest BCUT2D eigenvalue weighted by Gasteiger charge is 2.27. The highest BCUT2D eigenvalue weighted by Crippen LogP contribution is 2.19. The lowest BCUT2D eigenvalue weighted by atomic mass is 9.95. The van der Waals surface area contributed by atoms with Crippen LogP contribution in [0.4, 0.5) is 0 Å². The Labute approximate surface area is 104 Å². The van der Waals surface area contributed by atoms with Gasteiger partial charge in [0.1, 0.15) is 0 Å². The smallest absolute Gasteiger partial charge is 0.0746 e. The van der Waals surface area contributed by atoms with Crippen LogP contribution in [-0.2, 0) is 0 Å². The Hall–Kier alpha value is -1.12. The van der Waals surface area contributed by atoms with Gasteiger partial charge in [0.25, 0.3) is 0 Å². The quantitative estimate of drug-likeness (QED) is 0.864. The van der Waals surface area contributed by atoms with Gasteiger partial charge < -0.3 is 5.11 Å². The van der Waals surface area contributed by atoms with Gasteiger partial charge in [-0.3, -0.25) is 4.90 Å². The minimum absolute atomic E-state index is 0.501. The fraction of sp³-hybridized carbons (Fsp3) is 0.467. The van der Waals surface area contributed by atoms with Crippen molar-refractivity contribution in [3.05, 3.63) is 42.0 Å². The van der Waals surface area contributed by atoms with Gasteiger partial charge in [0.2, 0.25) is 0 Å². The summed E-state index contributed by atoms with van der Waals surface area (Å²) in [5.41, 5.74) is 0.732. The van der Waals surface area contributed by atoms with Crippen LogP contribution in [0.2, 0.25) is 0 Å². The molecule has 1 unspecified atom stereocenters. The monoisotopic (exact) mass is 231 g/mol. The van der Waals surface area contributed by atoms with Gasteiger partial charge in [0.05, 0.1) is 5.60 Å². The average Bonchev–Trinajstić information content (AvgIpc) is 2.29. The molecule has 1 fully saturated rings. The van der Waals surface area contributed by atoms with Crippen molar-refractivity contribution < 1.29 is 5.11 Å². The van der Waals surface area contributed by atoms with Gasteiger partial charge >= 0.3 is 0 Å². The van der Waals surface area contributed by atoms with E-state index in [1.165, 1.54) is 5.56 Å². The van der Waals surface area contributed by atoms with Crippen LogP contribution in [0, 0.1) is 0 Å². The number of rotatable bonds is 3. The molecule has 0 aliphatic carbocycles. The zero-order chi connectivity index (χ0) is 12.1. The van der Waals surface area contributed by atoms with Crippen LogP contribution in [0.15, 0.2) is 36.4 Å². The fourth-order valence-electron chi connectivity index (χ4n) is 2.38. The molecule has 1 aliphatic heterocycles. The predicted octanol–water partition coefficient (Wildman–Crippen LogP) is 2.55. The third-order valence-electron chi connectivity index (χ3n) is 3.23. The Morgan fingerprint density at radius 3 is 2.82 bits per heavy atom. The molecule has 92 valence electrons. The summed E-state index contributed by atoms with van der Waals surface area (Å²) in [7, 11) is 0. The van der Waals surface area contributed by atoms with Crippen LogP contribution >= 0.6 is 0 Å². The van der Waals surface area contributed by atoms with Crippen molar-refractivity contribution in [1.82, 2.24) is 4.90 Å². The van der Waals surface area contributed by atoms with E-state index in [1.54, 1.807) is 0 Å². The van der Waals surface area contributed by atoms with Crippen molar-refractivity contribution in [3.63, 3.8) is 0 Å². The van der Waals surface area contributed by atoms with Crippen molar-refractivity contribution in [1.29, 1.82) is 0 Å². The van der Waals surface area contributed by atoms with E-state index in [0.717, 1.165) is 32.5 Å². The SMILES string of the molecule is CC1(O)CCCN(C/C=C/c2ccccc2)C1. The zero-order valence-electron chi connectivity index (χ0n) is 10.5. The summed E-state index contributed by atoms with van der Waals surface area (Å²) < 4.78 is 0. The lowest BCUT2D eigenvalue weighted by Gasteiger charge is -2.36. The van der Waals surface area contributed by atoms with E-state index in [9.17, 15) is 5.11 Å². The molecule has 0 radical (unpaired) electrons. The summed E-state index contributed by atoms with van der Waals surface area (Å²) in [5, 5.41) is 10.00. The minimum atomic E-state index is -0.501. The molecular weight excluding hydrogens is 210 g/mol. The Morgan fingerprint density at radius 1 is 1.35 bits per heavy atom. The largest absolute Gasteiger partial charge is 0.389 e. The van der Waals surface area contributed by atoms with Crippen LogP contribution in [0.3, 0.4) is 0 Å². The number of hydrogen-bond acceptors (Lipinski definition) is 2. The van der Waals surface area contributed by atoms with Crippen molar-refractivity contribution in [2.24, 2.45) is 0 Å². The molecular formula is C15H21NO. The Bertz CT molecular complexity index is 370. The molecule has 1 N–H and O–H groups in total. The van der Waals surface area contributed by atoms with Gasteiger partial charge in [-0.25, -0.2) is 0 Å². The first kappa shape index (κ1) is 12.3. The Balaban J connectivity index is 1.84. The maximum atomic E-state index is 10.00. The number of benzene rings is 1. The number of β-amino-alcohol motifs (C(OH)–C–C–N with tert-alkyl or cyclic N) is 1. The Morgan fingerprint density at radius 2 is 2.12 bits per heavy atom. The summed E-state index contributed by atoms with van der Waals surface area (Å²) in [6.07, 6.45) is 6.33. The van der Waals surface area contributed by atoms with Gasteiger partial charge in [-0.05, 0) is 31.9 Å².